The molecule has 42 heavy (non-hydrogen) atoms. The zero-order chi connectivity index (χ0) is 28.3. The van der Waals surface area contributed by atoms with Gasteiger partial charge in [-0.3, -0.25) is 9.80 Å². The van der Waals surface area contributed by atoms with Gasteiger partial charge in [0.15, 0.2) is 5.13 Å². The van der Waals surface area contributed by atoms with Crippen LogP contribution in [0.5, 0.6) is 0 Å². The van der Waals surface area contributed by atoms with Crippen LogP contribution in [0.15, 0.2) is 95.0 Å². The fraction of sp³-hybridized carbons (Fsp3) is 0.281. The number of fused-ring (bicyclic) bond motifs is 2. The fourth-order valence-corrected chi connectivity index (χ4v) is 7.58. The minimum atomic E-state index is -0.474. The normalized spacial score (nSPS) is 19.4. The molecule has 3 aliphatic rings. The molecule has 3 aliphatic heterocycles. The number of hydrogen-bond acceptors (Lipinski definition) is 10. The summed E-state index contributed by atoms with van der Waals surface area (Å²) in [5, 5.41) is 11.3. The Bertz CT molecular complexity index is 1620. The average molecular weight is 595 g/mol. The van der Waals surface area contributed by atoms with Crippen molar-refractivity contribution >= 4 is 50.2 Å². The van der Waals surface area contributed by atoms with E-state index in [4.69, 9.17) is 14.5 Å². The number of ether oxygens (including phenoxy) is 2. The summed E-state index contributed by atoms with van der Waals surface area (Å²) in [4.78, 5) is 17.4. The summed E-state index contributed by atoms with van der Waals surface area (Å²) in [6.45, 7) is 4.80. The van der Waals surface area contributed by atoms with Crippen molar-refractivity contribution in [1.29, 1.82) is 5.26 Å². The Labute approximate surface area is 253 Å². The molecule has 0 bridgehead atoms. The first-order chi connectivity index (χ1) is 20.8. The lowest BCUT2D eigenvalue weighted by atomic mass is 10.1. The molecule has 2 unspecified atom stereocenters. The summed E-state index contributed by atoms with van der Waals surface area (Å²) in [7, 11) is 0. The van der Waals surface area contributed by atoms with E-state index >= 15 is 0 Å². The van der Waals surface area contributed by atoms with Crippen LogP contribution in [0, 0.1) is 11.3 Å². The molecule has 1 fully saturated rings. The predicted octanol–water partition coefficient (Wildman–Crippen LogP) is 5.87. The van der Waals surface area contributed by atoms with E-state index in [1.165, 1.54) is 10.5 Å². The van der Waals surface area contributed by atoms with E-state index in [1.54, 1.807) is 29.3 Å². The number of nitriles is 1. The van der Waals surface area contributed by atoms with Gasteiger partial charge in [0.2, 0.25) is 0 Å². The van der Waals surface area contributed by atoms with Crippen LogP contribution in [0.3, 0.4) is 0 Å². The van der Waals surface area contributed by atoms with Crippen molar-refractivity contribution in [3.8, 4) is 6.07 Å². The number of amidine groups is 1. The standard InChI is InChI=1S/C32H30N6O2S2/c33-19-28(37-22-41-30-8-4-2-6-27(30)37)26-13-14-34-31(38(26)32-35-25-5-1-3-7-29(25)42-32)40-21-24-11-9-23(10-12-24)20-36-15-17-39-18-16-36/h1-14,26,28H,15-18,20-22H2. The van der Waals surface area contributed by atoms with E-state index in [-0.39, 0.29) is 6.04 Å². The molecule has 10 heteroatoms. The molecule has 0 spiro atoms. The molecule has 0 N–H and O–H groups in total. The number of rotatable bonds is 7. The van der Waals surface area contributed by atoms with E-state index in [2.05, 4.69) is 63.3 Å². The number of para-hydroxylation sites is 2. The van der Waals surface area contributed by atoms with Gasteiger partial charge in [-0.1, -0.05) is 59.9 Å². The van der Waals surface area contributed by atoms with Crippen LogP contribution >= 0.6 is 23.1 Å². The van der Waals surface area contributed by atoms with Crippen molar-refractivity contribution in [3.63, 3.8) is 0 Å². The highest BCUT2D eigenvalue weighted by Crippen LogP contribution is 2.41. The number of anilines is 2. The molecular formula is C32H30N6O2S2. The number of aliphatic imine (C=N–C) groups is 1. The smallest absolute Gasteiger partial charge is 0.299 e. The summed E-state index contributed by atoms with van der Waals surface area (Å²) in [5.41, 5.74) is 4.32. The number of morpholine rings is 1. The van der Waals surface area contributed by atoms with Crippen molar-refractivity contribution in [2.45, 2.75) is 30.1 Å². The minimum Gasteiger partial charge on any atom is -0.460 e. The molecular weight excluding hydrogens is 565 g/mol. The van der Waals surface area contributed by atoms with Crippen LogP contribution in [0.25, 0.3) is 10.2 Å². The van der Waals surface area contributed by atoms with Gasteiger partial charge in [0, 0.05) is 30.7 Å². The Morgan fingerprint density at radius 1 is 1.00 bits per heavy atom. The second-order valence-corrected chi connectivity index (χ2v) is 12.4. The molecule has 0 aliphatic carbocycles. The number of nitrogens with zero attached hydrogens (tertiary/aromatic N) is 6. The Balaban J connectivity index is 1.14. The quantitative estimate of drug-likeness (QED) is 0.263. The maximum atomic E-state index is 10.5. The average Bonchev–Trinajstić information content (AvgIpc) is 3.66. The van der Waals surface area contributed by atoms with Crippen molar-refractivity contribution in [3.05, 3.63) is 96.2 Å². The van der Waals surface area contributed by atoms with Gasteiger partial charge in [-0.25, -0.2) is 9.98 Å². The second kappa shape index (κ2) is 12.2. The molecule has 3 aromatic carbocycles. The molecule has 4 heterocycles. The molecule has 0 saturated carbocycles. The van der Waals surface area contributed by atoms with E-state index in [0.29, 0.717) is 18.5 Å². The van der Waals surface area contributed by atoms with Crippen LogP contribution in [0.2, 0.25) is 0 Å². The largest absolute Gasteiger partial charge is 0.460 e. The van der Waals surface area contributed by atoms with Gasteiger partial charge in [0.05, 0.1) is 47.1 Å². The topological polar surface area (TPSA) is 77.2 Å². The molecule has 4 aromatic rings. The Morgan fingerprint density at radius 3 is 2.62 bits per heavy atom. The number of thioether (sulfide) groups is 1. The minimum absolute atomic E-state index is 0.342. The maximum absolute atomic E-state index is 10.5. The third kappa shape index (κ3) is 5.49. The first-order valence-corrected chi connectivity index (χ1v) is 15.8. The van der Waals surface area contributed by atoms with Gasteiger partial charge < -0.3 is 14.4 Å². The van der Waals surface area contributed by atoms with Crippen molar-refractivity contribution in [1.82, 2.24) is 9.88 Å². The lowest BCUT2D eigenvalue weighted by Crippen LogP contribution is -2.53. The van der Waals surface area contributed by atoms with Gasteiger partial charge in [-0.05, 0) is 41.5 Å². The zero-order valence-electron chi connectivity index (χ0n) is 23.0. The molecule has 1 aromatic heterocycles. The van der Waals surface area contributed by atoms with E-state index in [0.717, 1.165) is 59.4 Å². The van der Waals surface area contributed by atoms with Gasteiger partial charge in [-0.2, -0.15) is 5.26 Å². The molecule has 1 saturated heterocycles. The van der Waals surface area contributed by atoms with E-state index < -0.39 is 6.04 Å². The highest BCUT2D eigenvalue weighted by molar-refractivity contribution is 7.99. The first kappa shape index (κ1) is 27.0. The van der Waals surface area contributed by atoms with Crippen molar-refractivity contribution in [2.24, 2.45) is 4.99 Å². The van der Waals surface area contributed by atoms with Gasteiger partial charge >= 0.3 is 0 Å². The van der Waals surface area contributed by atoms with Crippen LogP contribution in [-0.4, -0.2) is 60.2 Å². The summed E-state index contributed by atoms with van der Waals surface area (Å²) in [6.07, 6.45) is 3.74. The molecule has 0 amide bonds. The Morgan fingerprint density at radius 2 is 1.79 bits per heavy atom. The lowest BCUT2D eigenvalue weighted by molar-refractivity contribution is 0.0342. The highest BCUT2D eigenvalue weighted by Gasteiger charge is 2.39. The third-order valence-corrected chi connectivity index (χ3v) is 9.79. The molecule has 7 rings (SSSR count). The highest BCUT2D eigenvalue weighted by atomic mass is 32.2. The zero-order valence-corrected chi connectivity index (χ0v) is 24.6. The first-order valence-electron chi connectivity index (χ1n) is 14.0. The fourth-order valence-electron chi connectivity index (χ4n) is 5.49. The molecule has 8 nitrogen and oxygen atoms in total. The van der Waals surface area contributed by atoms with Crippen LogP contribution in [0.1, 0.15) is 11.1 Å². The number of thiazole rings is 1. The SMILES string of the molecule is N#CC(C1C=CN=C(OCc2ccc(CN3CCOCC3)cc2)N1c1nc2ccccc2s1)N1CSc2ccccc21. The van der Waals surface area contributed by atoms with E-state index in [9.17, 15) is 5.26 Å². The van der Waals surface area contributed by atoms with E-state index in [1.807, 2.05) is 41.3 Å². The van der Waals surface area contributed by atoms with Crippen LogP contribution < -0.4 is 9.80 Å². The number of aromatic nitrogens is 1. The monoisotopic (exact) mass is 594 g/mol. The summed E-state index contributed by atoms with van der Waals surface area (Å²) < 4.78 is 13.0. The van der Waals surface area contributed by atoms with Crippen molar-refractivity contribution in [2.75, 3.05) is 42.0 Å². The predicted molar refractivity (Wildman–Crippen MR) is 169 cm³/mol. The van der Waals surface area contributed by atoms with Gasteiger partial charge in [0.25, 0.3) is 6.02 Å². The summed E-state index contributed by atoms with van der Waals surface area (Å²) >= 11 is 3.33. The second-order valence-electron chi connectivity index (χ2n) is 10.4. The molecule has 212 valence electrons. The van der Waals surface area contributed by atoms with Crippen LogP contribution in [-0.2, 0) is 22.6 Å². The van der Waals surface area contributed by atoms with Crippen molar-refractivity contribution < 1.29 is 9.47 Å². The summed E-state index contributed by atoms with van der Waals surface area (Å²) in [5.74, 6) is 0.708. The lowest BCUT2D eigenvalue weighted by Gasteiger charge is -2.37. The Hall–Kier alpha value is -3.88. The third-order valence-electron chi connectivity index (χ3n) is 7.69. The number of benzene rings is 3. The van der Waals surface area contributed by atoms with Gasteiger partial charge in [0.1, 0.15) is 12.6 Å². The Kier molecular flexibility index (Phi) is 7.81. The van der Waals surface area contributed by atoms with Crippen LogP contribution in [0.4, 0.5) is 10.8 Å². The van der Waals surface area contributed by atoms with Gasteiger partial charge in [-0.15, -0.1) is 11.8 Å². The number of hydrogen-bond donors (Lipinski definition) is 0. The molecule has 0 radical (unpaired) electrons. The molecule has 2 atom stereocenters. The maximum Gasteiger partial charge on any atom is 0.299 e. The summed E-state index contributed by atoms with van der Waals surface area (Å²) in [6, 6.07) is 27.1.